The second-order valence-corrected chi connectivity index (χ2v) is 6.55. The van der Waals surface area contributed by atoms with Crippen LogP contribution in [0.25, 0.3) is 0 Å². The minimum atomic E-state index is -0.430. The monoisotopic (exact) mass is 349 g/mol. The molecule has 0 bridgehead atoms. The van der Waals surface area contributed by atoms with Crippen LogP contribution in [0.2, 0.25) is 0 Å². The number of benzene rings is 1. The molecular weight excluding hydrogens is 318 g/mol. The molecule has 2 rings (SSSR count). The van der Waals surface area contributed by atoms with Crippen LogP contribution in [0.5, 0.6) is 0 Å². The smallest absolute Gasteiger partial charge is 0.337 e. The number of anilines is 1. The highest BCUT2D eigenvalue weighted by Crippen LogP contribution is 2.38. The second-order valence-electron chi connectivity index (χ2n) is 6.55. The van der Waals surface area contributed by atoms with E-state index in [0.717, 1.165) is 24.1 Å². The fourth-order valence-electron chi connectivity index (χ4n) is 2.97. The van der Waals surface area contributed by atoms with Crippen LogP contribution in [0.4, 0.5) is 5.69 Å². The summed E-state index contributed by atoms with van der Waals surface area (Å²) in [6.45, 7) is 9.24. The van der Waals surface area contributed by atoms with Crippen molar-refractivity contribution >= 4 is 17.6 Å². The van der Waals surface area contributed by atoms with Crippen molar-refractivity contribution in [2.45, 2.75) is 47.0 Å². The molecule has 0 spiro atoms. The summed E-state index contributed by atoms with van der Waals surface area (Å²) in [4.78, 5) is 26.4. The number of carbonyl (C=O) groups excluding carboxylic acids is 2. The number of esters is 1. The molecule has 1 amide bonds. The standard InChI is InChI=1S/C18H25NO4.C2H6/c1-18(2)12-14-8-7-13(16(20)23-4)11-15(14)19(17(18)21)9-5-6-10-22-3;1-2/h7-8,11H,5-6,9-10,12H2,1-4H3;1-2H3. The van der Waals surface area contributed by atoms with Crippen molar-refractivity contribution in [3.05, 3.63) is 29.3 Å². The van der Waals surface area contributed by atoms with Crippen LogP contribution < -0.4 is 4.90 Å². The first-order valence-corrected chi connectivity index (χ1v) is 8.93. The van der Waals surface area contributed by atoms with E-state index >= 15 is 0 Å². The van der Waals surface area contributed by atoms with Crippen LogP contribution in [-0.4, -0.2) is 39.2 Å². The summed E-state index contributed by atoms with van der Waals surface area (Å²) in [7, 11) is 3.03. The van der Waals surface area contributed by atoms with Crippen molar-refractivity contribution in [3.8, 4) is 0 Å². The van der Waals surface area contributed by atoms with Gasteiger partial charge in [0.1, 0.15) is 0 Å². The Morgan fingerprint density at radius 2 is 1.88 bits per heavy atom. The number of rotatable bonds is 6. The lowest BCUT2D eigenvalue weighted by molar-refractivity contribution is -0.127. The third-order valence-electron chi connectivity index (χ3n) is 4.23. The second kappa shape index (κ2) is 9.56. The quantitative estimate of drug-likeness (QED) is 0.578. The van der Waals surface area contributed by atoms with Gasteiger partial charge in [-0.1, -0.05) is 33.8 Å². The molecule has 1 aliphatic rings. The molecule has 140 valence electrons. The number of unbranched alkanes of at least 4 members (excludes halogenated alkanes) is 1. The van der Waals surface area contributed by atoms with E-state index in [0.29, 0.717) is 25.1 Å². The molecule has 0 aromatic heterocycles. The molecule has 1 aromatic carbocycles. The van der Waals surface area contributed by atoms with Gasteiger partial charge in [-0.15, -0.1) is 0 Å². The van der Waals surface area contributed by atoms with Gasteiger partial charge in [-0.25, -0.2) is 4.79 Å². The van der Waals surface area contributed by atoms with E-state index in [4.69, 9.17) is 9.47 Å². The summed E-state index contributed by atoms with van der Waals surface area (Å²) in [5.41, 5.74) is 1.96. The fourth-order valence-corrected chi connectivity index (χ4v) is 2.97. The van der Waals surface area contributed by atoms with Crippen LogP contribution in [0.15, 0.2) is 18.2 Å². The summed E-state index contributed by atoms with van der Waals surface area (Å²) in [5, 5.41) is 0. The number of amides is 1. The molecule has 0 unspecified atom stereocenters. The van der Waals surface area contributed by atoms with Crippen LogP contribution >= 0.6 is 0 Å². The Labute approximate surface area is 151 Å². The molecule has 0 saturated heterocycles. The number of carbonyl (C=O) groups is 2. The maximum Gasteiger partial charge on any atom is 0.337 e. The number of hydrogen-bond acceptors (Lipinski definition) is 4. The van der Waals surface area contributed by atoms with Gasteiger partial charge in [0.15, 0.2) is 0 Å². The molecule has 0 aliphatic carbocycles. The lowest BCUT2D eigenvalue weighted by atomic mass is 9.80. The van der Waals surface area contributed by atoms with Crippen LogP contribution in [0.1, 0.15) is 56.5 Å². The van der Waals surface area contributed by atoms with Crippen molar-refractivity contribution in [1.82, 2.24) is 0 Å². The van der Waals surface area contributed by atoms with E-state index in [1.165, 1.54) is 7.11 Å². The molecule has 25 heavy (non-hydrogen) atoms. The van der Waals surface area contributed by atoms with E-state index in [1.54, 1.807) is 24.1 Å². The average molecular weight is 349 g/mol. The van der Waals surface area contributed by atoms with Crippen LogP contribution in [0.3, 0.4) is 0 Å². The van der Waals surface area contributed by atoms with Crippen molar-refractivity contribution in [2.75, 3.05) is 32.3 Å². The zero-order valence-electron chi connectivity index (χ0n) is 16.3. The minimum Gasteiger partial charge on any atom is -0.465 e. The van der Waals surface area contributed by atoms with E-state index in [2.05, 4.69) is 0 Å². The maximum absolute atomic E-state index is 12.8. The van der Waals surface area contributed by atoms with E-state index in [-0.39, 0.29) is 11.9 Å². The first-order valence-electron chi connectivity index (χ1n) is 8.93. The molecular formula is C20H31NO4. The van der Waals surface area contributed by atoms with Crippen molar-refractivity contribution in [3.63, 3.8) is 0 Å². The van der Waals surface area contributed by atoms with Gasteiger partial charge in [0.25, 0.3) is 0 Å². The molecule has 0 fully saturated rings. The van der Waals surface area contributed by atoms with Crippen molar-refractivity contribution in [2.24, 2.45) is 5.41 Å². The normalized spacial score (nSPS) is 15.1. The topological polar surface area (TPSA) is 55.8 Å². The number of hydrogen-bond donors (Lipinski definition) is 0. The number of ether oxygens (including phenoxy) is 2. The zero-order chi connectivity index (χ0) is 19.0. The van der Waals surface area contributed by atoms with E-state index < -0.39 is 5.41 Å². The summed E-state index contributed by atoms with van der Waals surface area (Å²) in [6, 6.07) is 5.46. The van der Waals surface area contributed by atoms with Gasteiger partial charge in [0.2, 0.25) is 5.91 Å². The Bertz CT molecular complexity index is 595. The highest BCUT2D eigenvalue weighted by atomic mass is 16.5. The largest absolute Gasteiger partial charge is 0.465 e. The zero-order valence-corrected chi connectivity index (χ0v) is 16.3. The van der Waals surface area contributed by atoms with Gasteiger partial charge < -0.3 is 14.4 Å². The van der Waals surface area contributed by atoms with E-state index in [1.807, 2.05) is 33.8 Å². The molecule has 1 aliphatic heterocycles. The summed E-state index contributed by atoms with van der Waals surface area (Å²) in [5.74, 6) is -0.283. The van der Waals surface area contributed by atoms with Crippen LogP contribution in [0, 0.1) is 5.41 Å². The molecule has 5 nitrogen and oxygen atoms in total. The Hall–Kier alpha value is -1.88. The fraction of sp³-hybridized carbons (Fsp3) is 0.600. The van der Waals surface area contributed by atoms with E-state index in [9.17, 15) is 9.59 Å². The molecule has 1 heterocycles. The van der Waals surface area contributed by atoms with Gasteiger partial charge in [-0.05, 0) is 37.0 Å². The minimum absolute atomic E-state index is 0.101. The van der Waals surface area contributed by atoms with Crippen molar-refractivity contribution in [1.29, 1.82) is 0 Å². The lowest BCUT2D eigenvalue weighted by Crippen LogP contribution is -2.46. The average Bonchev–Trinajstić information content (AvgIpc) is 2.62. The first-order chi connectivity index (χ1) is 11.9. The molecule has 1 aromatic rings. The summed E-state index contributed by atoms with van der Waals surface area (Å²) < 4.78 is 9.85. The summed E-state index contributed by atoms with van der Waals surface area (Å²) in [6.07, 6.45) is 2.43. The van der Waals surface area contributed by atoms with Crippen LogP contribution in [-0.2, 0) is 20.7 Å². The summed E-state index contributed by atoms with van der Waals surface area (Å²) >= 11 is 0. The molecule has 0 saturated carbocycles. The first kappa shape index (κ1) is 21.2. The molecule has 0 radical (unpaired) electrons. The molecule has 5 heteroatoms. The van der Waals surface area contributed by atoms with Gasteiger partial charge in [-0.2, -0.15) is 0 Å². The third kappa shape index (κ3) is 5.05. The van der Waals surface area contributed by atoms with Crippen molar-refractivity contribution < 1.29 is 19.1 Å². The highest BCUT2D eigenvalue weighted by molar-refractivity contribution is 6.01. The number of nitrogens with zero attached hydrogens (tertiary/aromatic N) is 1. The van der Waals surface area contributed by atoms with Gasteiger partial charge >= 0.3 is 5.97 Å². The van der Waals surface area contributed by atoms with Gasteiger partial charge in [-0.3, -0.25) is 4.79 Å². The van der Waals surface area contributed by atoms with Gasteiger partial charge in [0.05, 0.1) is 12.7 Å². The Morgan fingerprint density at radius 3 is 2.48 bits per heavy atom. The third-order valence-corrected chi connectivity index (χ3v) is 4.23. The van der Waals surface area contributed by atoms with Gasteiger partial charge in [0, 0.05) is 31.4 Å². The lowest BCUT2D eigenvalue weighted by Gasteiger charge is -2.39. The maximum atomic E-state index is 12.8. The Balaban J connectivity index is 0.00000151. The Kier molecular flexibility index (Phi) is 8.10. The predicted molar refractivity (Wildman–Crippen MR) is 100 cm³/mol. The Morgan fingerprint density at radius 1 is 1.20 bits per heavy atom. The SMILES string of the molecule is CC.COCCCCN1C(=O)C(C)(C)Cc2ccc(C(=O)OC)cc21. The number of fused-ring (bicyclic) bond motifs is 1. The number of methoxy groups -OCH3 is 2. The molecule has 0 atom stereocenters. The molecule has 0 N–H and O–H groups in total. The predicted octanol–water partition coefficient (Wildman–Crippen LogP) is 3.84. The highest BCUT2D eigenvalue weighted by Gasteiger charge is 2.38.